The molecule has 8 heteroatoms. The third-order valence-electron chi connectivity index (χ3n) is 2.42. The van der Waals surface area contributed by atoms with Gasteiger partial charge in [0, 0.05) is 5.69 Å². The average Bonchev–Trinajstić information content (AvgIpc) is 2.82. The van der Waals surface area contributed by atoms with Gasteiger partial charge in [0.25, 0.3) is 0 Å². The Labute approximate surface area is 114 Å². The van der Waals surface area contributed by atoms with Gasteiger partial charge < -0.3 is 10.4 Å². The van der Waals surface area contributed by atoms with Gasteiger partial charge in [-0.05, 0) is 19.1 Å². The molecule has 102 valence electrons. The average molecular weight is 272 g/mol. The highest BCUT2D eigenvalue weighted by molar-refractivity contribution is 5.66. The van der Waals surface area contributed by atoms with Gasteiger partial charge in [0.05, 0.1) is 24.4 Å². The number of carbonyl (C=O) groups is 1. The van der Waals surface area contributed by atoms with E-state index in [-0.39, 0.29) is 6.54 Å². The Kier molecular flexibility index (Phi) is 3.91. The second-order valence-corrected chi connectivity index (χ2v) is 4.15. The second-order valence-electron chi connectivity index (χ2n) is 4.15. The van der Waals surface area contributed by atoms with Crippen molar-refractivity contribution in [3.63, 3.8) is 0 Å². The lowest BCUT2D eigenvalue weighted by Crippen LogP contribution is -2.09. The predicted molar refractivity (Wildman–Crippen MR) is 68.7 cm³/mol. The zero-order chi connectivity index (χ0) is 14.5. The summed E-state index contributed by atoms with van der Waals surface area (Å²) in [7, 11) is 0. The van der Waals surface area contributed by atoms with Crippen molar-refractivity contribution in [3.8, 4) is 6.07 Å². The molecule has 2 aromatic heterocycles. The molecule has 0 bridgehead atoms. The molecule has 0 saturated carbocycles. The molecule has 2 heterocycles. The van der Waals surface area contributed by atoms with Crippen molar-refractivity contribution in [3.05, 3.63) is 35.3 Å². The van der Waals surface area contributed by atoms with E-state index in [1.807, 2.05) is 0 Å². The minimum Gasteiger partial charge on any atom is -0.480 e. The fraction of sp³-hybridized carbons (Fsp3) is 0.250. The van der Waals surface area contributed by atoms with E-state index in [9.17, 15) is 4.79 Å². The molecule has 0 aliphatic carbocycles. The topological polar surface area (TPSA) is 117 Å². The minimum atomic E-state index is -0.978. The Balaban J connectivity index is 2.02. The van der Waals surface area contributed by atoms with Crippen LogP contribution in [0.4, 0.5) is 5.82 Å². The number of nitriles is 1. The molecule has 2 N–H and O–H groups in total. The number of hydrogen-bond donors (Lipinski definition) is 2. The highest BCUT2D eigenvalue weighted by Gasteiger charge is 2.05. The molecule has 0 saturated heterocycles. The second kappa shape index (κ2) is 5.79. The number of nitrogens with zero attached hydrogens (tertiary/aromatic N) is 5. The lowest BCUT2D eigenvalue weighted by Gasteiger charge is -2.04. The predicted octanol–water partition coefficient (Wildman–Crippen LogP) is 0.550. The summed E-state index contributed by atoms with van der Waals surface area (Å²) >= 11 is 0. The lowest BCUT2D eigenvalue weighted by atomic mass is 10.2. The maximum Gasteiger partial charge on any atom is 0.325 e. The summed E-state index contributed by atoms with van der Waals surface area (Å²) in [6.45, 7) is 1.92. The monoisotopic (exact) mass is 272 g/mol. The Bertz CT molecular complexity index is 673. The number of nitrogens with one attached hydrogen (secondary N) is 1. The van der Waals surface area contributed by atoms with Crippen LogP contribution in [0.3, 0.4) is 0 Å². The molecule has 0 aromatic carbocycles. The molecule has 0 aliphatic heterocycles. The molecule has 8 nitrogen and oxygen atoms in total. The number of pyridine rings is 1. The summed E-state index contributed by atoms with van der Waals surface area (Å²) in [6.07, 6.45) is 1.54. The van der Waals surface area contributed by atoms with Crippen LogP contribution in [0, 0.1) is 18.3 Å². The van der Waals surface area contributed by atoms with Gasteiger partial charge in [-0.3, -0.25) is 4.79 Å². The normalized spacial score (nSPS) is 10.0. The van der Waals surface area contributed by atoms with Crippen molar-refractivity contribution in [2.45, 2.75) is 20.0 Å². The van der Waals surface area contributed by atoms with E-state index < -0.39 is 5.97 Å². The van der Waals surface area contributed by atoms with Crippen molar-refractivity contribution in [1.29, 1.82) is 5.26 Å². The van der Waals surface area contributed by atoms with Crippen LogP contribution in [0.2, 0.25) is 0 Å². The Morgan fingerprint density at radius 2 is 2.35 bits per heavy atom. The van der Waals surface area contributed by atoms with E-state index in [0.717, 1.165) is 5.69 Å². The van der Waals surface area contributed by atoms with Crippen molar-refractivity contribution >= 4 is 11.8 Å². The number of aryl methyl sites for hydroxylation is 1. The standard InChI is InChI=1S/C12H12N6O2/c1-8-2-9(4-13)3-11(15-8)14-5-10-6-18(17-16-10)7-12(19)20/h2-3,6H,5,7H2,1H3,(H,14,15)(H,19,20). The van der Waals surface area contributed by atoms with Crippen LogP contribution in [0.1, 0.15) is 17.0 Å². The minimum absolute atomic E-state index is 0.228. The molecule has 20 heavy (non-hydrogen) atoms. The Hall–Kier alpha value is -2.95. The van der Waals surface area contributed by atoms with Gasteiger partial charge in [-0.25, -0.2) is 9.67 Å². The van der Waals surface area contributed by atoms with Crippen molar-refractivity contribution in [2.24, 2.45) is 0 Å². The highest BCUT2D eigenvalue weighted by atomic mass is 16.4. The molecule has 0 spiro atoms. The number of aliphatic carboxylic acids is 1. The van der Waals surface area contributed by atoms with Crippen LogP contribution >= 0.6 is 0 Å². The first-order valence-corrected chi connectivity index (χ1v) is 5.80. The fourth-order valence-corrected chi connectivity index (χ4v) is 1.64. The maximum atomic E-state index is 10.5. The first-order valence-electron chi connectivity index (χ1n) is 5.80. The zero-order valence-electron chi connectivity index (χ0n) is 10.7. The van der Waals surface area contributed by atoms with Gasteiger partial charge >= 0.3 is 5.97 Å². The first-order chi connectivity index (χ1) is 9.56. The van der Waals surface area contributed by atoms with Crippen molar-refractivity contribution in [1.82, 2.24) is 20.0 Å². The Morgan fingerprint density at radius 3 is 3.05 bits per heavy atom. The number of anilines is 1. The summed E-state index contributed by atoms with van der Waals surface area (Å²) in [5.74, 6) is -0.414. The molecule has 0 unspecified atom stereocenters. The van der Waals surface area contributed by atoms with Crippen molar-refractivity contribution in [2.75, 3.05) is 5.32 Å². The number of rotatable bonds is 5. The molecular formula is C12H12N6O2. The summed E-state index contributed by atoms with van der Waals surface area (Å²) in [4.78, 5) is 14.8. The summed E-state index contributed by atoms with van der Waals surface area (Å²) in [5.41, 5.74) is 1.85. The van der Waals surface area contributed by atoms with E-state index in [1.54, 1.807) is 25.3 Å². The van der Waals surface area contributed by atoms with Gasteiger partial charge in [0.1, 0.15) is 18.1 Å². The maximum absolute atomic E-state index is 10.5. The largest absolute Gasteiger partial charge is 0.480 e. The van der Waals surface area contributed by atoms with Gasteiger partial charge in [-0.1, -0.05) is 5.21 Å². The van der Waals surface area contributed by atoms with Crippen LogP contribution in [-0.2, 0) is 17.9 Å². The van der Waals surface area contributed by atoms with Crippen molar-refractivity contribution < 1.29 is 9.90 Å². The quantitative estimate of drug-likeness (QED) is 0.816. The van der Waals surface area contributed by atoms with Crippen LogP contribution in [0.15, 0.2) is 18.3 Å². The highest BCUT2D eigenvalue weighted by Crippen LogP contribution is 2.10. The van der Waals surface area contributed by atoms with Gasteiger partial charge in [0.15, 0.2) is 0 Å². The van der Waals surface area contributed by atoms with E-state index in [4.69, 9.17) is 10.4 Å². The number of carboxylic acids is 1. The van der Waals surface area contributed by atoms with Crippen LogP contribution in [-0.4, -0.2) is 31.1 Å². The summed E-state index contributed by atoms with van der Waals surface area (Å²) in [5, 5.41) is 28.1. The SMILES string of the molecule is Cc1cc(C#N)cc(NCc2cn(CC(=O)O)nn2)n1. The van der Waals surface area contributed by atoms with E-state index >= 15 is 0 Å². The Morgan fingerprint density at radius 1 is 1.55 bits per heavy atom. The first kappa shape index (κ1) is 13.5. The van der Waals surface area contributed by atoms with Crippen LogP contribution < -0.4 is 5.32 Å². The number of carboxylic acid groups (broad SMARTS) is 1. The third-order valence-corrected chi connectivity index (χ3v) is 2.42. The van der Waals surface area contributed by atoms with Gasteiger partial charge in [-0.2, -0.15) is 5.26 Å². The zero-order valence-corrected chi connectivity index (χ0v) is 10.7. The lowest BCUT2D eigenvalue weighted by molar-refractivity contribution is -0.137. The van der Waals surface area contributed by atoms with Gasteiger partial charge in [0.2, 0.25) is 0 Å². The van der Waals surface area contributed by atoms with Crippen LogP contribution in [0.25, 0.3) is 0 Å². The molecule has 0 aliphatic rings. The molecule has 0 radical (unpaired) electrons. The smallest absolute Gasteiger partial charge is 0.325 e. The molecular weight excluding hydrogens is 260 g/mol. The molecule has 0 fully saturated rings. The van der Waals surface area contributed by atoms with E-state index in [2.05, 4.69) is 26.7 Å². The number of hydrogen-bond acceptors (Lipinski definition) is 6. The molecule has 2 aromatic rings. The van der Waals surface area contributed by atoms with E-state index in [0.29, 0.717) is 23.6 Å². The van der Waals surface area contributed by atoms with Crippen LogP contribution in [0.5, 0.6) is 0 Å². The molecule has 2 rings (SSSR count). The summed E-state index contributed by atoms with van der Waals surface area (Å²) < 4.78 is 1.24. The third kappa shape index (κ3) is 3.52. The van der Waals surface area contributed by atoms with E-state index in [1.165, 1.54) is 4.68 Å². The fourth-order valence-electron chi connectivity index (χ4n) is 1.64. The summed E-state index contributed by atoms with van der Waals surface area (Å²) in [6, 6.07) is 5.38. The number of aromatic nitrogens is 4. The molecule has 0 atom stereocenters. The molecule has 0 amide bonds. The van der Waals surface area contributed by atoms with Gasteiger partial charge in [-0.15, -0.1) is 5.10 Å².